The van der Waals surface area contributed by atoms with Gasteiger partial charge < -0.3 is 34.8 Å². The zero-order chi connectivity index (χ0) is 10.6. The number of aliphatic carboxylic acids is 3. The van der Waals surface area contributed by atoms with Crippen molar-refractivity contribution in [3.8, 4) is 0 Å². The fourth-order valence-electron chi connectivity index (χ4n) is 0.684. The van der Waals surface area contributed by atoms with Gasteiger partial charge >= 0.3 is 54.4 Å². The molecule has 0 bridgehead atoms. The largest absolute Gasteiger partial charge is 4.00 e. The molecule has 0 rings (SSSR count). The number of rotatable bonds is 5. The average molecular weight is 326 g/mol. The molecular weight excluding hydrogens is 321 g/mol. The van der Waals surface area contributed by atoms with Gasteiger partial charge in [0.25, 0.3) is 0 Å². The number of hydrogen-bond acceptors (Lipinski definition) is 7. The van der Waals surface area contributed by atoms with Gasteiger partial charge in [0.1, 0.15) is 5.60 Å². The van der Waals surface area contributed by atoms with Gasteiger partial charge in [-0.1, -0.05) is 0 Å². The van der Waals surface area contributed by atoms with Crippen LogP contribution in [0.15, 0.2) is 0 Å². The molecule has 0 radical (unpaired) electrons. The van der Waals surface area contributed by atoms with Crippen LogP contribution in [0.2, 0.25) is 0 Å². The quantitative estimate of drug-likeness (QED) is 0.498. The van der Waals surface area contributed by atoms with E-state index in [0.717, 1.165) is 0 Å². The predicted molar refractivity (Wildman–Crippen MR) is 29.2 cm³/mol. The van der Waals surface area contributed by atoms with Crippen molar-refractivity contribution in [2.75, 3.05) is 0 Å². The normalized spacial score (nSPS) is 9.40. The summed E-state index contributed by atoms with van der Waals surface area (Å²) >= 11 is 0. The van der Waals surface area contributed by atoms with E-state index in [4.69, 9.17) is 5.11 Å². The van der Waals surface area contributed by atoms with Crippen molar-refractivity contribution in [1.82, 2.24) is 0 Å². The zero-order valence-corrected chi connectivity index (χ0v) is 11.8. The van der Waals surface area contributed by atoms with Crippen molar-refractivity contribution in [3.63, 3.8) is 0 Å². The molecule has 0 heterocycles. The number of carboxylic acids is 3. The van der Waals surface area contributed by atoms with E-state index >= 15 is 0 Å². The Morgan fingerprint density at radius 1 is 1.00 bits per heavy atom. The molecule has 7 nitrogen and oxygen atoms in total. The van der Waals surface area contributed by atoms with Crippen molar-refractivity contribution in [2.45, 2.75) is 18.4 Å². The number of carbonyl (C=O) groups excluding carboxylic acids is 3. The third kappa shape index (κ3) is 8.04. The van der Waals surface area contributed by atoms with Gasteiger partial charge in [0.15, 0.2) is 0 Å². The first-order valence-corrected chi connectivity index (χ1v) is 3.11. The van der Waals surface area contributed by atoms with Gasteiger partial charge in [0.2, 0.25) is 0 Å². The second-order valence-electron chi connectivity index (χ2n) is 2.42. The summed E-state index contributed by atoms with van der Waals surface area (Å²) in [5.41, 5.74) is -2.97. The van der Waals surface area contributed by atoms with E-state index in [0.29, 0.717) is 0 Å². The summed E-state index contributed by atoms with van der Waals surface area (Å²) in [4.78, 5) is 30.0. The van der Waals surface area contributed by atoms with Crippen molar-refractivity contribution in [3.05, 3.63) is 0 Å². The molecule has 15 heavy (non-hydrogen) atoms. The summed E-state index contributed by atoms with van der Waals surface area (Å²) in [6, 6.07) is 0. The van der Waals surface area contributed by atoms with Gasteiger partial charge in [-0.15, -0.1) is 0 Å². The molecule has 0 unspecified atom stereocenters. The number of carbonyl (C=O) groups is 3. The molecule has 0 aliphatic heterocycles. The minimum absolute atomic E-state index is 0. The SMILES string of the molecule is O=C([O-])CC(O)(CC(=O)[O-])C(=O)[O-].[Ti+4].[Y+3]. The maximum atomic E-state index is 10.1. The molecule has 0 amide bonds. The summed E-state index contributed by atoms with van der Waals surface area (Å²) in [5, 5.41) is 38.9. The molecule has 0 fully saturated rings. The van der Waals surface area contributed by atoms with Crippen LogP contribution in [0, 0.1) is 0 Å². The smallest absolute Gasteiger partial charge is 0.550 e. The topological polar surface area (TPSA) is 141 Å². The van der Waals surface area contributed by atoms with Crippen molar-refractivity contribution in [2.24, 2.45) is 0 Å². The first kappa shape index (κ1) is 20.6. The fraction of sp³-hybridized carbons (Fsp3) is 0.500. The van der Waals surface area contributed by atoms with E-state index in [1.54, 1.807) is 0 Å². The summed E-state index contributed by atoms with van der Waals surface area (Å²) in [6.07, 6.45) is -2.72. The zero-order valence-electron chi connectivity index (χ0n) is 7.39. The van der Waals surface area contributed by atoms with Crippen LogP contribution in [0.3, 0.4) is 0 Å². The Bertz CT molecular complexity index is 238. The standard InChI is InChI=1S/C6H8O7.Ti.Y/c7-3(8)1-6(13,5(11)12)2-4(9)10;;/h13H,1-2H2,(H,7,8)(H,9,10)(H,11,12);;/q;+4;+3/p-3. The maximum Gasteiger partial charge on any atom is 4.00 e. The Balaban J connectivity index is -0.000000720. The van der Waals surface area contributed by atoms with Crippen LogP contribution in [-0.4, -0.2) is 28.6 Å². The van der Waals surface area contributed by atoms with E-state index < -0.39 is 36.4 Å². The minimum atomic E-state index is -2.97. The van der Waals surface area contributed by atoms with Crippen molar-refractivity contribution in [1.29, 1.82) is 0 Å². The Kier molecular flexibility index (Phi) is 11.5. The second-order valence-corrected chi connectivity index (χ2v) is 2.42. The molecule has 9 heteroatoms. The van der Waals surface area contributed by atoms with Crippen LogP contribution in [0.25, 0.3) is 0 Å². The first-order chi connectivity index (χ1) is 5.78. The Morgan fingerprint density at radius 3 is 1.40 bits per heavy atom. The van der Waals surface area contributed by atoms with Crippen LogP contribution in [0.5, 0.6) is 0 Å². The predicted octanol–water partition coefficient (Wildman–Crippen LogP) is -5.26. The molecule has 74 valence electrons. The fourth-order valence-corrected chi connectivity index (χ4v) is 0.684. The first-order valence-electron chi connectivity index (χ1n) is 3.11. The monoisotopic (exact) mass is 326 g/mol. The van der Waals surface area contributed by atoms with Crippen LogP contribution in [0.4, 0.5) is 0 Å². The summed E-state index contributed by atoms with van der Waals surface area (Å²) < 4.78 is 0. The van der Waals surface area contributed by atoms with Crippen molar-refractivity contribution >= 4 is 17.9 Å². The van der Waals surface area contributed by atoms with E-state index in [-0.39, 0.29) is 54.4 Å². The molecule has 0 aliphatic rings. The summed E-state index contributed by atoms with van der Waals surface area (Å²) in [7, 11) is 0. The van der Waals surface area contributed by atoms with E-state index in [1.807, 2.05) is 0 Å². The van der Waals surface area contributed by atoms with E-state index in [1.165, 1.54) is 0 Å². The average Bonchev–Trinajstić information content (AvgIpc) is 1.82. The molecule has 0 aromatic carbocycles. The summed E-state index contributed by atoms with van der Waals surface area (Å²) in [6.45, 7) is 0. The summed E-state index contributed by atoms with van der Waals surface area (Å²) in [5.74, 6) is -5.98. The number of carboxylic acid groups (broad SMARTS) is 3. The third-order valence-electron chi connectivity index (χ3n) is 1.25. The van der Waals surface area contributed by atoms with E-state index in [9.17, 15) is 29.7 Å². The molecule has 0 atom stereocenters. The van der Waals surface area contributed by atoms with Crippen LogP contribution in [-0.2, 0) is 68.8 Å². The van der Waals surface area contributed by atoms with E-state index in [2.05, 4.69) is 0 Å². The molecular formula is C6H5O7TiY+4. The van der Waals surface area contributed by atoms with Gasteiger partial charge in [0, 0.05) is 24.8 Å². The van der Waals surface area contributed by atoms with Gasteiger partial charge in [0.05, 0.1) is 5.97 Å². The Hall–Kier alpha value is 0.188. The molecule has 0 aromatic heterocycles. The van der Waals surface area contributed by atoms with Gasteiger partial charge in [-0.2, -0.15) is 0 Å². The minimum Gasteiger partial charge on any atom is -0.550 e. The molecule has 0 spiro atoms. The second kappa shape index (κ2) is 8.35. The maximum absolute atomic E-state index is 10.1. The van der Waals surface area contributed by atoms with Crippen molar-refractivity contribution < 1.29 is 89.2 Å². The molecule has 0 saturated heterocycles. The third-order valence-corrected chi connectivity index (χ3v) is 1.25. The molecule has 0 saturated carbocycles. The van der Waals surface area contributed by atoms with Gasteiger partial charge in [-0.3, -0.25) is 0 Å². The van der Waals surface area contributed by atoms with Crippen LogP contribution >= 0.6 is 0 Å². The molecule has 1 N–H and O–H groups in total. The van der Waals surface area contributed by atoms with Gasteiger partial charge in [-0.25, -0.2) is 0 Å². The van der Waals surface area contributed by atoms with Crippen LogP contribution in [0.1, 0.15) is 12.8 Å². The Labute approximate surface area is 125 Å². The van der Waals surface area contributed by atoms with Crippen LogP contribution < -0.4 is 15.3 Å². The molecule has 0 aliphatic carbocycles. The van der Waals surface area contributed by atoms with Gasteiger partial charge in [-0.05, 0) is 0 Å². The molecule has 0 aromatic rings. The Morgan fingerprint density at radius 2 is 1.27 bits per heavy atom. The number of aliphatic hydroxyl groups is 1. The number of hydrogen-bond donors (Lipinski definition) is 1.